The molecule has 154 valence electrons. The lowest BCUT2D eigenvalue weighted by atomic mass is 9.74. The van der Waals surface area contributed by atoms with Crippen LogP contribution in [0, 0.1) is 40.9 Å². The van der Waals surface area contributed by atoms with Crippen molar-refractivity contribution in [2.75, 3.05) is 0 Å². The molecule has 1 aromatic heterocycles. The maximum atomic E-state index is 12.0. The lowest BCUT2D eigenvalue weighted by Gasteiger charge is -2.43. The van der Waals surface area contributed by atoms with Gasteiger partial charge >= 0.3 is 0 Å². The van der Waals surface area contributed by atoms with Gasteiger partial charge in [-0.15, -0.1) is 0 Å². The van der Waals surface area contributed by atoms with Crippen LogP contribution in [-0.4, -0.2) is 16.7 Å². The van der Waals surface area contributed by atoms with Crippen molar-refractivity contribution in [3.05, 3.63) is 81.2 Å². The number of aryl methyl sites for hydroxylation is 1. The molecule has 31 heavy (non-hydrogen) atoms. The SMILES string of the molecule is Cc1cc[n+](C2C(c3ccc(Br)cc3)C(C#N)=C(C(=C=N)C#N)NC2(O)C2CC2)cc1. The van der Waals surface area contributed by atoms with Crippen LogP contribution in [0.5, 0.6) is 0 Å². The van der Waals surface area contributed by atoms with Gasteiger partial charge in [0.15, 0.2) is 12.4 Å². The van der Waals surface area contributed by atoms with E-state index in [0.717, 1.165) is 28.4 Å². The Labute approximate surface area is 189 Å². The molecule has 4 rings (SSSR count). The Morgan fingerprint density at radius 2 is 1.84 bits per heavy atom. The molecule has 2 heterocycles. The summed E-state index contributed by atoms with van der Waals surface area (Å²) in [5.41, 5.74) is 0.939. The summed E-state index contributed by atoms with van der Waals surface area (Å²) < 4.78 is 2.85. The summed E-state index contributed by atoms with van der Waals surface area (Å²) >= 11 is 3.46. The molecule has 6 nitrogen and oxygen atoms in total. The number of benzene rings is 1. The highest BCUT2D eigenvalue weighted by Crippen LogP contribution is 2.52. The molecule has 0 radical (unpaired) electrons. The summed E-state index contributed by atoms with van der Waals surface area (Å²) in [6.45, 7) is 2.00. The molecule has 0 spiro atoms. The molecule has 1 fully saturated rings. The number of nitrogens with one attached hydrogen (secondary N) is 2. The number of aliphatic hydroxyl groups is 1. The van der Waals surface area contributed by atoms with Crippen LogP contribution in [0.1, 0.15) is 35.9 Å². The predicted octanol–water partition coefficient (Wildman–Crippen LogP) is 3.55. The second-order valence-electron chi connectivity index (χ2n) is 8.03. The molecule has 1 aliphatic carbocycles. The highest BCUT2D eigenvalue weighted by Gasteiger charge is 2.61. The van der Waals surface area contributed by atoms with Gasteiger partial charge in [-0.3, -0.25) is 5.41 Å². The van der Waals surface area contributed by atoms with Crippen LogP contribution in [0.2, 0.25) is 0 Å². The van der Waals surface area contributed by atoms with Crippen LogP contribution in [0.4, 0.5) is 0 Å². The normalized spacial score (nSPS) is 25.1. The van der Waals surface area contributed by atoms with Gasteiger partial charge in [0.05, 0.1) is 23.3 Å². The molecule has 1 aromatic carbocycles. The first-order valence-corrected chi connectivity index (χ1v) is 10.8. The summed E-state index contributed by atoms with van der Waals surface area (Å²) in [5, 5.41) is 42.4. The van der Waals surface area contributed by atoms with E-state index in [1.165, 1.54) is 0 Å². The van der Waals surface area contributed by atoms with E-state index in [1.807, 2.05) is 66.4 Å². The zero-order chi connectivity index (χ0) is 22.2. The summed E-state index contributed by atoms with van der Waals surface area (Å²) in [6, 6.07) is 15.3. The lowest BCUT2D eigenvalue weighted by Crippen LogP contribution is -2.66. The number of allylic oxidation sites excluding steroid dienone is 2. The highest BCUT2D eigenvalue weighted by molar-refractivity contribution is 9.10. The quantitative estimate of drug-likeness (QED) is 0.357. The van der Waals surface area contributed by atoms with E-state index in [9.17, 15) is 15.6 Å². The second-order valence-corrected chi connectivity index (χ2v) is 8.95. The maximum Gasteiger partial charge on any atom is 0.216 e. The zero-order valence-electron chi connectivity index (χ0n) is 16.9. The van der Waals surface area contributed by atoms with Crippen LogP contribution in [0.15, 0.2) is 70.1 Å². The van der Waals surface area contributed by atoms with Crippen LogP contribution in [0.3, 0.4) is 0 Å². The number of rotatable bonds is 4. The van der Waals surface area contributed by atoms with E-state index in [1.54, 1.807) is 0 Å². The van der Waals surface area contributed by atoms with Crippen molar-refractivity contribution >= 4 is 21.8 Å². The van der Waals surface area contributed by atoms with Crippen molar-refractivity contribution in [2.45, 2.75) is 37.5 Å². The van der Waals surface area contributed by atoms with Gasteiger partial charge in [-0.05, 0) is 48.9 Å². The highest BCUT2D eigenvalue weighted by atomic mass is 79.9. The zero-order valence-corrected chi connectivity index (χ0v) is 18.5. The monoisotopic (exact) mass is 474 g/mol. The number of hydrogen-bond donors (Lipinski definition) is 3. The summed E-state index contributed by atoms with van der Waals surface area (Å²) in [7, 11) is 0. The van der Waals surface area contributed by atoms with E-state index in [4.69, 9.17) is 5.41 Å². The van der Waals surface area contributed by atoms with Gasteiger partial charge in [-0.25, -0.2) is 0 Å². The first kappa shape index (κ1) is 21.0. The van der Waals surface area contributed by atoms with Crippen molar-refractivity contribution in [3.63, 3.8) is 0 Å². The number of nitrogens with zero attached hydrogens (tertiary/aromatic N) is 3. The third kappa shape index (κ3) is 3.69. The summed E-state index contributed by atoms with van der Waals surface area (Å²) in [5.74, 6) is 1.57. The topological polar surface area (TPSA) is 108 Å². The number of aromatic nitrogens is 1. The lowest BCUT2D eigenvalue weighted by molar-refractivity contribution is -0.742. The summed E-state index contributed by atoms with van der Waals surface area (Å²) in [6.07, 6.45) is 5.51. The minimum atomic E-state index is -1.40. The minimum absolute atomic E-state index is 0.0369. The van der Waals surface area contributed by atoms with Crippen molar-refractivity contribution in [1.29, 1.82) is 15.9 Å². The van der Waals surface area contributed by atoms with Crippen molar-refractivity contribution in [2.24, 2.45) is 5.92 Å². The smallest absolute Gasteiger partial charge is 0.216 e. The Morgan fingerprint density at radius 3 is 2.35 bits per heavy atom. The number of nitriles is 2. The van der Waals surface area contributed by atoms with Crippen molar-refractivity contribution in [3.8, 4) is 12.1 Å². The molecule has 0 bridgehead atoms. The second kappa shape index (κ2) is 8.13. The molecule has 1 aliphatic heterocycles. The Balaban J connectivity index is 2.03. The molecule has 0 saturated heterocycles. The first-order valence-electron chi connectivity index (χ1n) is 10.0. The van der Waals surface area contributed by atoms with Crippen LogP contribution in [-0.2, 0) is 0 Å². The number of halogens is 1. The van der Waals surface area contributed by atoms with E-state index in [0.29, 0.717) is 5.57 Å². The van der Waals surface area contributed by atoms with E-state index < -0.39 is 17.7 Å². The number of hydrogen-bond acceptors (Lipinski definition) is 5. The Bertz CT molecular complexity index is 1180. The predicted molar refractivity (Wildman–Crippen MR) is 118 cm³/mol. The first-order chi connectivity index (χ1) is 14.9. The third-order valence-corrected chi connectivity index (χ3v) is 6.58. The van der Waals surface area contributed by atoms with Gasteiger partial charge in [0.25, 0.3) is 0 Å². The Hall–Kier alpha value is -3.22. The maximum absolute atomic E-state index is 12.0. The minimum Gasteiger partial charge on any atom is -0.365 e. The van der Waals surface area contributed by atoms with Crippen LogP contribution < -0.4 is 9.88 Å². The van der Waals surface area contributed by atoms with Gasteiger partial charge in [-0.1, -0.05) is 28.1 Å². The van der Waals surface area contributed by atoms with Crippen molar-refractivity contribution < 1.29 is 9.67 Å². The Morgan fingerprint density at radius 1 is 1.19 bits per heavy atom. The molecule has 3 N–H and O–H groups in total. The van der Waals surface area contributed by atoms with Gasteiger partial charge in [-0.2, -0.15) is 15.1 Å². The number of pyridine rings is 1. The fourth-order valence-corrected chi connectivity index (χ4v) is 4.63. The van der Waals surface area contributed by atoms with Gasteiger partial charge in [0.1, 0.15) is 11.6 Å². The fourth-order valence-electron chi connectivity index (χ4n) is 4.36. The molecule has 2 aliphatic rings. The van der Waals surface area contributed by atoms with E-state index >= 15 is 0 Å². The van der Waals surface area contributed by atoms with E-state index in [-0.39, 0.29) is 17.2 Å². The van der Waals surface area contributed by atoms with Gasteiger partial charge < -0.3 is 10.4 Å². The molecule has 2 aromatic rings. The molecular weight excluding hydrogens is 454 g/mol. The fraction of sp³-hybridized carbons (Fsp3) is 0.292. The van der Waals surface area contributed by atoms with Gasteiger partial charge in [0, 0.05) is 22.5 Å². The molecule has 0 amide bonds. The van der Waals surface area contributed by atoms with Gasteiger partial charge in [0.2, 0.25) is 11.8 Å². The van der Waals surface area contributed by atoms with Crippen LogP contribution in [0.25, 0.3) is 0 Å². The molecule has 1 saturated carbocycles. The van der Waals surface area contributed by atoms with Crippen molar-refractivity contribution in [1.82, 2.24) is 5.32 Å². The van der Waals surface area contributed by atoms with Crippen LogP contribution >= 0.6 is 15.9 Å². The standard InChI is InChI=1S/C24H21BrN5O/c1-15-8-10-30(11-9-15)23-21(16-2-6-19(25)7-3-16)20(14-28)22(17(12-26)13-27)29-24(23,31)18-4-5-18/h2-3,6-11,18,21,23,26,29,31H,4-5H2,1H3/q+1. The van der Waals surface area contributed by atoms with E-state index in [2.05, 4.69) is 33.2 Å². The third-order valence-electron chi connectivity index (χ3n) is 6.05. The average Bonchev–Trinajstić information content (AvgIpc) is 3.62. The Kier molecular flexibility index (Phi) is 5.52. The molecule has 3 atom stereocenters. The summed E-state index contributed by atoms with van der Waals surface area (Å²) in [4.78, 5) is 0. The average molecular weight is 475 g/mol. The molecular formula is C24H21BrN5O+. The molecule has 7 heteroatoms. The molecule has 3 unspecified atom stereocenters. The largest absolute Gasteiger partial charge is 0.365 e.